The van der Waals surface area contributed by atoms with Gasteiger partial charge in [0.25, 0.3) is 0 Å². The minimum absolute atomic E-state index is 0.234. The Morgan fingerprint density at radius 3 is 2.67 bits per heavy atom. The lowest BCUT2D eigenvalue weighted by Gasteiger charge is -2.20. The highest BCUT2D eigenvalue weighted by Crippen LogP contribution is 2.17. The van der Waals surface area contributed by atoms with Crippen LogP contribution in [0.15, 0.2) is 24.3 Å². The fourth-order valence-electron chi connectivity index (χ4n) is 1.29. The number of benzene rings is 1. The second kappa shape index (κ2) is 5.03. The van der Waals surface area contributed by atoms with E-state index in [2.05, 4.69) is 0 Å². The third-order valence-corrected chi connectivity index (χ3v) is 2.56. The lowest BCUT2D eigenvalue weighted by atomic mass is 9.98. The number of halogens is 1. The Morgan fingerprint density at radius 2 is 2.13 bits per heavy atom. The van der Waals surface area contributed by atoms with Gasteiger partial charge in [-0.2, -0.15) is 0 Å². The third kappa shape index (κ3) is 3.13. The first-order chi connectivity index (χ1) is 7.11. The molecule has 0 saturated carbocycles. The molecule has 0 fully saturated rings. The van der Waals surface area contributed by atoms with Crippen LogP contribution in [0.4, 0.5) is 4.39 Å². The monoisotopic (exact) mass is 210 g/mol. The van der Waals surface area contributed by atoms with Crippen LogP contribution in [0.5, 0.6) is 0 Å². The molecule has 3 heteroatoms. The number of carbonyl (C=O) groups is 1. The van der Waals surface area contributed by atoms with Crippen molar-refractivity contribution in [2.75, 3.05) is 7.11 Å². The summed E-state index contributed by atoms with van der Waals surface area (Å²) >= 11 is 0. The molecule has 0 spiro atoms. The first-order valence-electron chi connectivity index (χ1n) is 4.86. The van der Waals surface area contributed by atoms with Crippen molar-refractivity contribution in [3.05, 3.63) is 35.6 Å². The minimum Gasteiger partial charge on any atom is -0.371 e. The first kappa shape index (κ1) is 11.9. The van der Waals surface area contributed by atoms with Crippen molar-refractivity contribution in [3.63, 3.8) is 0 Å². The predicted molar refractivity (Wildman–Crippen MR) is 56.2 cm³/mol. The number of hydrogen-bond acceptors (Lipinski definition) is 2. The summed E-state index contributed by atoms with van der Waals surface area (Å²) in [7, 11) is 1.48. The maximum atomic E-state index is 13.2. The van der Waals surface area contributed by atoms with Gasteiger partial charge in [0.1, 0.15) is 11.4 Å². The van der Waals surface area contributed by atoms with E-state index in [1.807, 2.05) is 0 Å². The van der Waals surface area contributed by atoms with Crippen molar-refractivity contribution in [2.45, 2.75) is 25.4 Å². The van der Waals surface area contributed by atoms with Gasteiger partial charge in [-0.25, -0.2) is 4.39 Å². The molecule has 0 aliphatic rings. The van der Waals surface area contributed by atoms with Crippen LogP contribution in [0.1, 0.15) is 18.9 Å². The molecule has 0 aliphatic carbocycles. The van der Waals surface area contributed by atoms with Crippen molar-refractivity contribution >= 4 is 6.29 Å². The quantitative estimate of drug-likeness (QED) is 0.697. The van der Waals surface area contributed by atoms with Gasteiger partial charge < -0.3 is 9.53 Å². The van der Waals surface area contributed by atoms with E-state index in [-0.39, 0.29) is 5.82 Å². The molecule has 0 bridgehead atoms. The summed E-state index contributed by atoms with van der Waals surface area (Å²) in [5, 5.41) is 0. The van der Waals surface area contributed by atoms with Crippen LogP contribution in [0.25, 0.3) is 0 Å². The van der Waals surface area contributed by atoms with E-state index in [4.69, 9.17) is 4.74 Å². The smallest absolute Gasteiger partial charge is 0.151 e. The molecule has 1 aromatic rings. The summed E-state index contributed by atoms with van der Waals surface area (Å²) in [6.45, 7) is 1.70. The molecule has 1 aromatic carbocycles. The van der Waals surface area contributed by atoms with Gasteiger partial charge in [0.2, 0.25) is 0 Å². The maximum absolute atomic E-state index is 13.2. The number of ether oxygens (including phenoxy) is 1. The molecule has 0 heterocycles. The van der Waals surface area contributed by atoms with Crippen molar-refractivity contribution in [3.8, 4) is 0 Å². The highest BCUT2D eigenvalue weighted by Gasteiger charge is 2.22. The third-order valence-electron chi connectivity index (χ3n) is 2.56. The van der Waals surface area contributed by atoms with E-state index in [1.54, 1.807) is 25.1 Å². The van der Waals surface area contributed by atoms with Gasteiger partial charge in [-0.15, -0.1) is 0 Å². The van der Waals surface area contributed by atoms with Gasteiger partial charge in [0.15, 0.2) is 6.29 Å². The van der Waals surface area contributed by atoms with E-state index in [9.17, 15) is 9.18 Å². The summed E-state index contributed by atoms with van der Waals surface area (Å²) in [5.41, 5.74) is -0.204. The zero-order valence-corrected chi connectivity index (χ0v) is 9.00. The molecule has 2 nitrogen and oxygen atoms in total. The minimum atomic E-state index is -0.817. The largest absolute Gasteiger partial charge is 0.371 e. The van der Waals surface area contributed by atoms with Gasteiger partial charge in [-0.1, -0.05) is 18.2 Å². The topological polar surface area (TPSA) is 26.3 Å². The first-order valence-corrected chi connectivity index (χ1v) is 4.86. The van der Waals surface area contributed by atoms with Crippen LogP contribution in [0, 0.1) is 5.82 Å². The molecule has 0 aromatic heterocycles. The van der Waals surface area contributed by atoms with Crippen molar-refractivity contribution < 1.29 is 13.9 Å². The van der Waals surface area contributed by atoms with Gasteiger partial charge in [0, 0.05) is 7.11 Å². The molecule has 0 saturated heterocycles. The van der Waals surface area contributed by atoms with Crippen LogP contribution < -0.4 is 0 Å². The molecule has 0 aliphatic heterocycles. The Balaban J connectivity index is 2.64. The summed E-state index contributed by atoms with van der Waals surface area (Å²) in [5.74, 6) is -0.234. The SMILES string of the molecule is COC(C)(C=O)CCc1ccccc1F. The van der Waals surface area contributed by atoms with E-state index >= 15 is 0 Å². The molecule has 0 radical (unpaired) electrons. The number of hydrogen-bond donors (Lipinski definition) is 0. The van der Waals surface area contributed by atoms with Crippen LogP contribution in [-0.2, 0) is 16.0 Å². The number of rotatable bonds is 5. The van der Waals surface area contributed by atoms with Crippen LogP contribution in [0.3, 0.4) is 0 Å². The number of methoxy groups -OCH3 is 1. The zero-order chi connectivity index (χ0) is 11.3. The van der Waals surface area contributed by atoms with E-state index in [0.717, 1.165) is 6.29 Å². The molecule has 82 valence electrons. The van der Waals surface area contributed by atoms with E-state index in [0.29, 0.717) is 18.4 Å². The average molecular weight is 210 g/mol. The molecule has 0 N–H and O–H groups in total. The molecule has 1 rings (SSSR count). The summed E-state index contributed by atoms with van der Waals surface area (Å²) in [4.78, 5) is 10.7. The fourth-order valence-corrected chi connectivity index (χ4v) is 1.29. The lowest BCUT2D eigenvalue weighted by Crippen LogP contribution is -2.29. The van der Waals surface area contributed by atoms with Gasteiger partial charge >= 0.3 is 0 Å². The molecule has 15 heavy (non-hydrogen) atoms. The zero-order valence-electron chi connectivity index (χ0n) is 9.00. The maximum Gasteiger partial charge on any atom is 0.151 e. The highest BCUT2D eigenvalue weighted by molar-refractivity contribution is 5.61. The summed E-state index contributed by atoms with van der Waals surface area (Å²) < 4.78 is 18.3. The highest BCUT2D eigenvalue weighted by atomic mass is 19.1. The van der Waals surface area contributed by atoms with Crippen LogP contribution in [0.2, 0.25) is 0 Å². The Kier molecular flexibility index (Phi) is 3.97. The Hall–Kier alpha value is -1.22. The van der Waals surface area contributed by atoms with Gasteiger partial charge in [-0.3, -0.25) is 0 Å². The molecule has 1 unspecified atom stereocenters. The van der Waals surface area contributed by atoms with Gasteiger partial charge in [0.05, 0.1) is 0 Å². The Bertz CT molecular complexity index is 338. The van der Waals surface area contributed by atoms with E-state index < -0.39 is 5.60 Å². The average Bonchev–Trinajstić information content (AvgIpc) is 2.28. The number of aryl methyl sites for hydroxylation is 1. The van der Waals surface area contributed by atoms with Crippen molar-refractivity contribution in [1.82, 2.24) is 0 Å². The number of aldehydes is 1. The van der Waals surface area contributed by atoms with Gasteiger partial charge in [-0.05, 0) is 31.4 Å². The van der Waals surface area contributed by atoms with Crippen LogP contribution >= 0.6 is 0 Å². The second-order valence-corrected chi connectivity index (χ2v) is 3.73. The van der Waals surface area contributed by atoms with Crippen LogP contribution in [-0.4, -0.2) is 19.0 Å². The Morgan fingerprint density at radius 1 is 1.47 bits per heavy atom. The van der Waals surface area contributed by atoms with Crippen molar-refractivity contribution in [1.29, 1.82) is 0 Å². The normalized spacial score (nSPS) is 14.6. The lowest BCUT2D eigenvalue weighted by molar-refractivity contribution is -0.126. The molecular weight excluding hydrogens is 195 g/mol. The summed E-state index contributed by atoms with van der Waals surface area (Å²) in [6.07, 6.45) is 1.73. The predicted octanol–water partition coefficient (Wildman–Crippen LogP) is 2.36. The molecular formula is C12H15FO2. The molecule has 1 atom stereocenters. The Labute approximate surface area is 89.1 Å². The number of carbonyl (C=O) groups excluding carboxylic acids is 1. The standard InChI is InChI=1S/C12H15FO2/c1-12(9-14,15-2)8-7-10-5-3-4-6-11(10)13/h3-6,9H,7-8H2,1-2H3. The molecule has 0 amide bonds. The van der Waals surface area contributed by atoms with Crippen molar-refractivity contribution in [2.24, 2.45) is 0 Å². The van der Waals surface area contributed by atoms with E-state index in [1.165, 1.54) is 13.2 Å². The second-order valence-electron chi connectivity index (χ2n) is 3.73. The summed E-state index contributed by atoms with van der Waals surface area (Å²) in [6, 6.07) is 6.56. The fraction of sp³-hybridized carbons (Fsp3) is 0.417.